The summed E-state index contributed by atoms with van der Waals surface area (Å²) in [4.78, 5) is 48.8. The standard InChI is InChI=1S/C19H18N6O3/c1-12-10-23-18(25(12)15-6-2-3-8-22-15)19(28)24-14(16(26)17(20)27)9-13-5-4-7-21-11-13/h2-8,10-11,14H,9H2,1H3,(H2,20,27)(H,24,28). The molecule has 0 spiro atoms. The molecule has 0 bridgehead atoms. The van der Waals surface area contributed by atoms with E-state index in [9.17, 15) is 14.4 Å². The number of hydrogen-bond donors (Lipinski definition) is 2. The van der Waals surface area contributed by atoms with Crippen LogP contribution in [0.2, 0.25) is 0 Å². The van der Waals surface area contributed by atoms with Gasteiger partial charge in [-0.2, -0.15) is 0 Å². The van der Waals surface area contributed by atoms with Gasteiger partial charge in [0.2, 0.25) is 11.6 Å². The van der Waals surface area contributed by atoms with Gasteiger partial charge in [0.25, 0.3) is 11.8 Å². The smallest absolute Gasteiger partial charge is 0.288 e. The SMILES string of the molecule is Cc1cnc(C(=O)NC(Cc2cccnc2)C(=O)C(N)=O)n1-c1ccccn1. The van der Waals surface area contributed by atoms with Crippen LogP contribution in [0.3, 0.4) is 0 Å². The first-order valence-electron chi connectivity index (χ1n) is 8.46. The normalized spacial score (nSPS) is 11.6. The Hall–Kier alpha value is -3.88. The van der Waals surface area contributed by atoms with E-state index in [4.69, 9.17) is 5.73 Å². The number of primary amides is 1. The first kappa shape index (κ1) is 18.9. The molecule has 0 saturated heterocycles. The number of ketones is 1. The van der Waals surface area contributed by atoms with Crippen LogP contribution in [0.1, 0.15) is 21.9 Å². The van der Waals surface area contributed by atoms with Gasteiger partial charge >= 0.3 is 0 Å². The van der Waals surface area contributed by atoms with Gasteiger partial charge in [-0.05, 0) is 30.7 Å². The molecule has 3 heterocycles. The molecule has 28 heavy (non-hydrogen) atoms. The number of amides is 2. The van der Waals surface area contributed by atoms with Crippen LogP contribution in [0.15, 0.2) is 55.1 Å². The Labute approximate surface area is 160 Å². The van der Waals surface area contributed by atoms with Gasteiger partial charge in [0, 0.05) is 36.9 Å². The zero-order chi connectivity index (χ0) is 20.1. The van der Waals surface area contributed by atoms with Gasteiger partial charge < -0.3 is 11.1 Å². The predicted octanol–water partition coefficient (Wildman–Crippen LogP) is 0.366. The molecule has 9 nitrogen and oxygen atoms in total. The molecule has 0 saturated carbocycles. The number of pyridine rings is 2. The fraction of sp³-hybridized carbons (Fsp3) is 0.158. The highest BCUT2D eigenvalue weighted by Crippen LogP contribution is 2.13. The largest absolute Gasteiger partial charge is 0.363 e. The minimum absolute atomic E-state index is 0.0460. The van der Waals surface area contributed by atoms with E-state index < -0.39 is 23.6 Å². The number of nitrogens with zero attached hydrogens (tertiary/aromatic N) is 4. The lowest BCUT2D eigenvalue weighted by Crippen LogP contribution is -2.47. The van der Waals surface area contributed by atoms with Crippen molar-refractivity contribution in [3.8, 4) is 5.82 Å². The number of hydrogen-bond acceptors (Lipinski definition) is 6. The summed E-state index contributed by atoms with van der Waals surface area (Å²) in [7, 11) is 0. The Morgan fingerprint density at radius 3 is 2.57 bits per heavy atom. The molecule has 0 fully saturated rings. The van der Waals surface area contributed by atoms with Gasteiger partial charge in [-0.15, -0.1) is 0 Å². The number of Topliss-reactive ketones (excluding diaryl/α,β-unsaturated/α-hetero) is 1. The average molecular weight is 378 g/mol. The van der Waals surface area contributed by atoms with Gasteiger partial charge in [-0.1, -0.05) is 12.1 Å². The molecule has 3 rings (SSSR count). The molecule has 3 aromatic rings. The van der Waals surface area contributed by atoms with Gasteiger partial charge in [0.05, 0.1) is 0 Å². The Kier molecular flexibility index (Phi) is 5.54. The van der Waals surface area contributed by atoms with Gasteiger partial charge in [0.1, 0.15) is 11.9 Å². The Balaban J connectivity index is 1.89. The van der Waals surface area contributed by atoms with Crippen LogP contribution < -0.4 is 11.1 Å². The summed E-state index contributed by atoms with van der Waals surface area (Å²) in [6.45, 7) is 1.78. The lowest BCUT2D eigenvalue weighted by atomic mass is 10.0. The van der Waals surface area contributed by atoms with Gasteiger partial charge in [-0.25, -0.2) is 9.97 Å². The van der Waals surface area contributed by atoms with Crippen molar-refractivity contribution in [2.75, 3.05) is 0 Å². The van der Waals surface area contributed by atoms with E-state index in [-0.39, 0.29) is 12.2 Å². The fourth-order valence-corrected chi connectivity index (χ4v) is 2.73. The van der Waals surface area contributed by atoms with Crippen LogP contribution in [0.5, 0.6) is 0 Å². The second kappa shape index (κ2) is 8.21. The van der Waals surface area contributed by atoms with Crippen molar-refractivity contribution in [1.82, 2.24) is 24.8 Å². The number of rotatable bonds is 7. The third-order valence-corrected chi connectivity index (χ3v) is 4.05. The second-order valence-electron chi connectivity index (χ2n) is 6.07. The summed E-state index contributed by atoms with van der Waals surface area (Å²) in [5.41, 5.74) is 6.51. The summed E-state index contributed by atoms with van der Waals surface area (Å²) in [5.74, 6) is -2.09. The summed E-state index contributed by atoms with van der Waals surface area (Å²) in [5, 5.41) is 2.56. The fourth-order valence-electron chi connectivity index (χ4n) is 2.73. The van der Waals surface area contributed by atoms with Crippen LogP contribution in [-0.2, 0) is 16.0 Å². The summed E-state index contributed by atoms with van der Waals surface area (Å²) in [6.07, 6.45) is 6.32. The highest BCUT2D eigenvalue weighted by molar-refractivity contribution is 6.38. The molecule has 0 aliphatic carbocycles. The minimum Gasteiger partial charge on any atom is -0.363 e. The molecular formula is C19H18N6O3. The first-order chi connectivity index (χ1) is 13.5. The van der Waals surface area contributed by atoms with E-state index in [2.05, 4.69) is 20.3 Å². The zero-order valence-corrected chi connectivity index (χ0v) is 15.1. The monoisotopic (exact) mass is 378 g/mol. The maximum absolute atomic E-state index is 12.8. The predicted molar refractivity (Wildman–Crippen MR) is 99.5 cm³/mol. The summed E-state index contributed by atoms with van der Waals surface area (Å²) >= 11 is 0. The summed E-state index contributed by atoms with van der Waals surface area (Å²) in [6, 6.07) is 7.56. The van der Waals surface area contributed by atoms with Crippen molar-refractivity contribution in [1.29, 1.82) is 0 Å². The van der Waals surface area contributed by atoms with E-state index >= 15 is 0 Å². The Morgan fingerprint density at radius 1 is 1.11 bits per heavy atom. The Morgan fingerprint density at radius 2 is 1.93 bits per heavy atom. The minimum atomic E-state index is -1.14. The molecule has 142 valence electrons. The second-order valence-corrected chi connectivity index (χ2v) is 6.07. The number of imidazole rings is 1. The van der Waals surface area contributed by atoms with Gasteiger partial charge in [0.15, 0.2) is 0 Å². The van der Waals surface area contributed by atoms with Crippen molar-refractivity contribution in [3.63, 3.8) is 0 Å². The molecule has 3 aromatic heterocycles. The molecule has 0 aliphatic rings. The maximum atomic E-state index is 12.8. The van der Waals surface area contributed by atoms with Crippen LogP contribution in [-0.4, -0.2) is 43.2 Å². The molecule has 0 radical (unpaired) electrons. The lowest BCUT2D eigenvalue weighted by molar-refractivity contribution is -0.137. The molecule has 9 heteroatoms. The van der Waals surface area contributed by atoms with Crippen molar-refractivity contribution in [2.24, 2.45) is 5.73 Å². The van der Waals surface area contributed by atoms with Crippen molar-refractivity contribution < 1.29 is 14.4 Å². The molecule has 1 unspecified atom stereocenters. The van der Waals surface area contributed by atoms with Crippen molar-refractivity contribution in [2.45, 2.75) is 19.4 Å². The van der Waals surface area contributed by atoms with E-state index in [1.807, 2.05) is 0 Å². The van der Waals surface area contributed by atoms with Crippen LogP contribution in [0.25, 0.3) is 5.82 Å². The quantitative estimate of drug-likeness (QED) is 0.571. The van der Waals surface area contributed by atoms with Crippen LogP contribution in [0.4, 0.5) is 0 Å². The molecular weight excluding hydrogens is 360 g/mol. The first-order valence-corrected chi connectivity index (χ1v) is 8.46. The van der Waals surface area contributed by atoms with Gasteiger partial charge in [-0.3, -0.25) is 23.9 Å². The third kappa shape index (κ3) is 4.09. The van der Waals surface area contributed by atoms with Crippen molar-refractivity contribution in [3.05, 3.63) is 72.2 Å². The van der Waals surface area contributed by atoms with E-state index in [1.165, 1.54) is 6.20 Å². The topological polar surface area (TPSA) is 133 Å². The number of carbonyl (C=O) groups excluding carboxylic acids is 3. The van der Waals surface area contributed by atoms with Crippen molar-refractivity contribution >= 4 is 17.6 Å². The van der Waals surface area contributed by atoms with E-state index in [0.29, 0.717) is 17.1 Å². The number of nitrogens with one attached hydrogen (secondary N) is 1. The Bertz CT molecular complexity index is 1000. The molecule has 1 atom stereocenters. The average Bonchev–Trinajstić information content (AvgIpc) is 3.09. The van der Waals surface area contributed by atoms with E-state index in [1.54, 1.807) is 60.4 Å². The number of aryl methyl sites for hydroxylation is 1. The third-order valence-electron chi connectivity index (χ3n) is 4.05. The zero-order valence-electron chi connectivity index (χ0n) is 15.1. The van der Waals surface area contributed by atoms with Crippen LogP contribution in [0, 0.1) is 6.92 Å². The number of carbonyl (C=O) groups is 3. The lowest BCUT2D eigenvalue weighted by Gasteiger charge is -2.16. The molecule has 2 amide bonds. The number of aromatic nitrogens is 4. The van der Waals surface area contributed by atoms with E-state index in [0.717, 1.165) is 0 Å². The highest BCUT2D eigenvalue weighted by atomic mass is 16.2. The maximum Gasteiger partial charge on any atom is 0.288 e. The summed E-state index contributed by atoms with van der Waals surface area (Å²) < 4.78 is 1.56. The molecule has 3 N–H and O–H groups in total. The number of nitrogens with two attached hydrogens (primary N) is 1. The highest BCUT2D eigenvalue weighted by Gasteiger charge is 2.28. The molecule has 0 aliphatic heterocycles. The molecule has 0 aromatic carbocycles. The van der Waals surface area contributed by atoms with Crippen LogP contribution >= 0.6 is 0 Å².